The summed E-state index contributed by atoms with van der Waals surface area (Å²) in [6.45, 7) is 1.55. The van der Waals surface area contributed by atoms with Gasteiger partial charge in [-0.1, -0.05) is 42.2 Å². The first-order chi connectivity index (χ1) is 13.1. The lowest BCUT2D eigenvalue weighted by molar-refractivity contribution is -0.139. The highest BCUT2D eigenvalue weighted by molar-refractivity contribution is 8.26. The van der Waals surface area contributed by atoms with Crippen LogP contribution in [0.5, 0.6) is 0 Å². The van der Waals surface area contributed by atoms with Crippen LogP contribution in [-0.2, 0) is 19.4 Å². The van der Waals surface area contributed by atoms with Gasteiger partial charge in [0.2, 0.25) is 5.91 Å². The molecule has 1 aromatic carbocycles. The van der Waals surface area contributed by atoms with Gasteiger partial charge in [0, 0.05) is 18.7 Å². The van der Waals surface area contributed by atoms with E-state index in [4.69, 9.17) is 12.2 Å². The van der Waals surface area contributed by atoms with Crippen LogP contribution in [0.15, 0.2) is 29.2 Å². The van der Waals surface area contributed by atoms with Gasteiger partial charge in [-0.3, -0.25) is 14.5 Å². The van der Waals surface area contributed by atoms with Gasteiger partial charge < -0.3 is 4.90 Å². The summed E-state index contributed by atoms with van der Waals surface area (Å²) in [4.78, 5) is 28.4. The predicted molar refractivity (Wildman–Crippen MR) is 111 cm³/mol. The van der Waals surface area contributed by atoms with Crippen molar-refractivity contribution < 1.29 is 22.4 Å². The molecule has 3 rings (SSSR count). The first-order valence-corrected chi connectivity index (χ1v) is 11.6. The fourth-order valence-electron chi connectivity index (χ4n) is 3.21. The number of thioether (sulfide) groups is 1. The molecule has 0 bridgehead atoms. The number of hydrogen-bond acceptors (Lipinski definition) is 6. The molecule has 0 saturated carbocycles. The molecule has 6 nitrogen and oxygen atoms in total. The summed E-state index contributed by atoms with van der Waals surface area (Å²) in [6, 6.07) is 4.76. The minimum Gasteiger partial charge on any atom is -0.340 e. The molecule has 0 N–H and O–H groups in total. The number of carbonyl (C=O) groups excluding carboxylic acids is 2. The maximum absolute atomic E-state index is 13.9. The molecule has 0 aromatic heterocycles. The molecule has 1 aromatic rings. The molecule has 0 unspecified atom stereocenters. The van der Waals surface area contributed by atoms with Crippen molar-refractivity contribution in [2.45, 2.75) is 25.4 Å². The fraction of sp³-hybridized carbons (Fsp3) is 0.389. The molecule has 28 heavy (non-hydrogen) atoms. The Hall–Kier alpha value is -1.78. The Morgan fingerprint density at radius 1 is 1.43 bits per heavy atom. The monoisotopic (exact) mass is 442 g/mol. The Morgan fingerprint density at radius 3 is 2.71 bits per heavy atom. The summed E-state index contributed by atoms with van der Waals surface area (Å²) in [5.74, 6) is -1.33. The Labute approximate surface area is 172 Å². The van der Waals surface area contributed by atoms with E-state index in [9.17, 15) is 22.4 Å². The van der Waals surface area contributed by atoms with Crippen molar-refractivity contribution in [2.24, 2.45) is 0 Å². The molecule has 2 aliphatic rings. The van der Waals surface area contributed by atoms with E-state index in [0.717, 1.165) is 11.8 Å². The SMILES string of the molecule is C[C@@H](C(=O)N(C)[C@@H]1CCS(=O)(=O)C1)N1C(=O)/C(=C/c2ccccc2F)SC1=S. The van der Waals surface area contributed by atoms with E-state index >= 15 is 0 Å². The van der Waals surface area contributed by atoms with Crippen molar-refractivity contribution in [2.75, 3.05) is 18.6 Å². The minimum atomic E-state index is -3.14. The lowest BCUT2D eigenvalue weighted by Crippen LogP contribution is -2.50. The van der Waals surface area contributed by atoms with Gasteiger partial charge >= 0.3 is 0 Å². The summed E-state index contributed by atoms with van der Waals surface area (Å²) in [6.07, 6.45) is 1.79. The normalized spacial score (nSPS) is 24.0. The third-order valence-corrected chi connectivity index (χ3v) is 7.94. The second-order valence-corrected chi connectivity index (χ2v) is 10.7. The molecule has 2 fully saturated rings. The Bertz CT molecular complexity index is 977. The van der Waals surface area contributed by atoms with Crippen LogP contribution in [0.3, 0.4) is 0 Å². The van der Waals surface area contributed by atoms with Gasteiger partial charge in [0.15, 0.2) is 9.84 Å². The largest absolute Gasteiger partial charge is 0.340 e. The Kier molecular flexibility index (Phi) is 5.92. The van der Waals surface area contributed by atoms with Crippen molar-refractivity contribution in [3.05, 3.63) is 40.6 Å². The molecule has 2 aliphatic heterocycles. The van der Waals surface area contributed by atoms with Crippen molar-refractivity contribution in [1.82, 2.24) is 9.80 Å². The van der Waals surface area contributed by atoms with Crippen LogP contribution in [-0.4, -0.2) is 65.0 Å². The molecule has 10 heteroatoms. The van der Waals surface area contributed by atoms with E-state index in [1.807, 2.05) is 0 Å². The molecular weight excluding hydrogens is 423 g/mol. The van der Waals surface area contributed by atoms with Crippen LogP contribution in [0.1, 0.15) is 18.9 Å². The highest BCUT2D eigenvalue weighted by Gasteiger charge is 2.41. The van der Waals surface area contributed by atoms with Crippen LogP contribution in [0.25, 0.3) is 6.08 Å². The molecule has 2 heterocycles. The number of likely N-dealkylation sites (N-methyl/N-ethyl adjacent to an activating group) is 1. The maximum atomic E-state index is 13.9. The summed E-state index contributed by atoms with van der Waals surface area (Å²) in [5, 5.41) is 0. The second kappa shape index (κ2) is 7.92. The number of halogens is 1. The maximum Gasteiger partial charge on any atom is 0.266 e. The second-order valence-electron chi connectivity index (χ2n) is 6.76. The van der Waals surface area contributed by atoms with Crippen molar-refractivity contribution in [3.63, 3.8) is 0 Å². The van der Waals surface area contributed by atoms with Gasteiger partial charge in [0.25, 0.3) is 5.91 Å². The number of nitrogens with zero attached hydrogens (tertiary/aromatic N) is 2. The standard InChI is InChI=1S/C18H19FN2O4S3/c1-11(16(22)20(2)13-7-8-28(24,25)10-13)21-17(23)15(27-18(21)26)9-12-5-3-4-6-14(12)19/h3-6,9,11,13H,7-8,10H2,1-2H3/b15-9-/t11-,13+/m0/s1. The highest BCUT2D eigenvalue weighted by Crippen LogP contribution is 2.34. The van der Waals surface area contributed by atoms with E-state index in [-0.39, 0.29) is 32.2 Å². The topological polar surface area (TPSA) is 74.8 Å². The molecule has 2 amide bonds. The zero-order chi connectivity index (χ0) is 20.6. The molecule has 2 saturated heterocycles. The third kappa shape index (κ3) is 4.13. The zero-order valence-electron chi connectivity index (χ0n) is 15.3. The highest BCUT2D eigenvalue weighted by atomic mass is 32.2. The molecular formula is C18H19FN2O4S3. The van der Waals surface area contributed by atoms with E-state index < -0.39 is 33.6 Å². The van der Waals surface area contributed by atoms with Gasteiger partial charge in [-0.2, -0.15) is 0 Å². The average Bonchev–Trinajstić information content (AvgIpc) is 3.14. The first-order valence-electron chi connectivity index (χ1n) is 8.59. The number of thiocarbonyl (C=S) groups is 1. The summed E-state index contributed by atoms with van der Waals surface area (Å²) in [5.41, 5.74) is 0.259. The number of rotatable bonds is 4. The number of amides is 2. The van der Waals surface area contributed by atoms with Crippen LogP contribution in [0, 0.1) is 5.82 Å². The lowest BCUT2D eigenvalue weighted by atomic mass is 10.1. The van der Waals surface area contributed by atoms with E-state index in [1.54, 1.807) is 25.1 Å². The first kappa shape index (κ1) is 20.9. The van der Waals surface area contributed by atoms with E-state index in [2.05, 4.69) is 0 Å². The molecule has 0 spiro atoms. The quantitative estimate of drug-likeness (QED) is 0.525. The summed E-state index contributed by atoms with van der Waals surface area (Å²) < 4.78 is 37.4. The van der Waals surface area contributed by atoms with Crippen molar-refractivity contribution in [3.8, 4) is 0 Å². The van der Waals surface area contributed by atoms with Gasteiger partial charge in [-0.05, 0) is 25.5 Å². The molecule has 0 aliphatic carbocycles. The summed E-state index contributed by atoms with van der Waals surface area (Å²) >= 11 is 6.27. The molecule has 2 atom stereocenters. The minimum absolute atomic E-state index is 0.0517. The van der Waals surface area contributed by atoms with Gasteiger partial charge in [0.05, 0.1) is 16.4 Å². The Morgan fingerprint density at radius 2 is 2.11 bits per heavy atom. The number of carbonyl (C=O) groups is 2. The van der Waals surface area contributed by atoms with Crippen molar-refractivity contribution >= 4 is 56.0 Å². The molecule has 150 valence electrons. The predicted octanol–water partition coefficient (Wildman–Crippen LogP) is 2.06. The van der Waals surface area contributed by atoms with Crippen LogP contribution >= 0.6 is 24.0 Å². The van der Waals surface area contributed by atoms with Gasteiger partial charge in [0.1, 0.15) is 16.2 Å². The van der Waals surface area contributed by atoms with Gasteiger partial charge in [-0.25, -0.2) is 12.8 Å². The van der Waals surface area contributed by atoms with E-state index in [0.29, 0.717) is 6.42 Å². The van der Waals surface area contributed by atoms with Crippen LogP contribution in [0.2, 0.25) is 0 Å². The number of benzene rings is 1. The lowest BCUT2D eigenvalue weighted by Gasteiger charge is -2.30. The Balaban J connectivity index is 1.77. The smallest absolute Gasteiger partial charge is 0.266 e. The molecule has 0 radical (unpaired) electrons. The van der Waals surface area contributed by atoms with Gasteiger partial charge in [-0.15, -0.1) is 0 Å². The number of sulfone groups is 1. The van der Waals surface area contributed by atoms with E-state index in [1.165, 1.54) is 29.0 Å². The number of hydrogen-bond donors (Lipinski definition) is 0. The fourth-order valence-corrected chi connectivity index (χ4v) is 6.40. The summed E-state index contributed by atoms with van der Waals surface area (Å²) in [7, 11) is -1.60. The van der Waals surface area contributed by atoms with Crippen LogP contribution in [0.4, 0.5) is 4.39 Å². The average molecular weight is 443 g/mol. The van der Waals surface area contributed by atoms with Crippen LogP contribution < -0.4 is 0 Å². The zero-order valence-corrected chi connectivity index (χ0v) is 17.7. The third-order valence-electron chi connectivity index (χ3n) is 4.86. The van der Waals surface area contributed by atoms with Crippen molar-refractivity contribution in [1.29, 1.82) is 0 Å².